The number of nitrogens with zero attached hydrogens (tertiary/aromatic N) is 1. The lowest BCUT2D eigenvalue weighted by molar-refractivity contribution is 0.0696. The molecule has 0 aromatic carbocycles. The predicted molar refractivity (Wildman–Crippen MR) is 65.8 cm³/mol. The summed E-state index contributed by atoms with van der Waals surface area (Å²) in [4.78, 5) is 14.6. The standard InChI is InChI=1S/C11H15ClN2O3/c1-3-17-7(2)5-13-10-9(12)4-8(6-14-10)11(15)16/h4,6-7H,3,5H2,1-2H3,(H,13,14)(H,15,16). The molecule has 1 aromatic rings. The van der Waals surface area contributed by atoms with Crippen LogP contribution in [0.4, 0.5) is 5.82 Å². The Hall–Kier alpha value is -1.33. The molecule has 17 heavy (non-hydrogen) atoms. The summed E-state index contributed by atoms with van der Waals surface area (Å²) < 4.78 is 5.34. The van der Waals surface area contributed by atoms with Gasteiger partial charge < -0.3 is 15.2 Å². The van der Waals surface area contributed by atoms with Crippen molar-refractivity contribution < 1.29 is 14.6 Å². The van der Waals surface area contributed by atoms with Crippen LogP contribution in [0, 0.1) is 0 Å². The Morgan fingerprint density at radius 1 is 1.71 bits per heavy atom. The quantitative estimate of drug-likeness (QED) is 0.819. The third-order valence-corrected chi connectivity index (χ3v) is 2.38. The van der Waals surface area contributed by atoms with Crippen molar-refractivity contribution in [2.24, 2.45) is 0 Å². The third kappa shape index (κ3) is 4.20. The van der Waals surface area contributed by atoms with E-state index in [-0.39, 0.29) is 16.7 Å². The Balaban J connectivity index is 2.63. The number of anilines is 1. The number of aromatic carboxylic acids is 1. The summed E-state index contributed by atoms with van der Waals surface area (Å²) in [5.41, 5.74) is 0.0680. The molecule has 0 aliphatic rings. The number of aromatic nitrogens is 1. The minimum absolute atomic E-state index is 0.0389. The zero-order valence-corrected chi connectivity index (χ0v) is 10.5. The lowest BCUT2D eigenvalue weighted by atomic mass is 10.3. The highest BCUT2D eigenvalue weighted by atomic mass is 35.5. The van der Waals surface area contributed by atoms with Crippen molar-refractivity contribution in [2.75, 3.05) is 18.5 Å². The highest BCUT2D eigenvalue weighted by Crippen LogP contribution is 2.20. The van der Waals surface area contributed by atoms with E-state index in [1.54, 1.807) is 0 Å². The van der Waals surface area contributed by atoms with Gasteiger partial charge in [-0.2, -0.15) is 0 Å². The van der Waals surface area contributed by atoms with E-state index in [2.05, 4.69) is 10.3 Å². The first-order chi connectivity index (χ1) is 8.04. The van der Waals surface area contributed by atoms with E-state index in [4.69, 9.17) is 21.4 Å². The fourth-order valence-electron chi connectivity index (χ4n) is 1.27. The number of nitrogens with one attached hydrogen (secondary N) is 1. The molecule has 1 unspecified atom stereocenters. The maximum atomic E-state index is 10.7. The molecule has 6 heteroatoms. The van der Waals surface area contributed by atoms with Crippen LogP contribution in [0.3, 0.4) is 0 Å². The van der Waals surface area contributed by atoms with Gasteiger partial charge in [0.2, 0.25) is 0 Å². The van der Waals surface area contributed by atoms with E-state index < -0.39 is 5.97 Å². The van der Waals surface area contributed by atoms with Crippen molar-refractivity contribution in [1.82, 2.24) is 4.98 Å². The van der Waals surface area contributed by atoms with Gasteiger partial charge in [0, 0.05) is 19.3 Å². The number of halogens is 1. The van der Waals surface area contributed by atoms with Crippen LogP contribution in [0.2, 0.25) is 5.02 Å². The number of rotatable bonds is 6. The Labute approximate surface area is 105 Å². The fraction of sp³-hybridized carbons (Fsp3) is 0.455. The van der Waals surface area contributed by atoms with Gasteiger partial charge in [-0.3, -0.25) is 0 Å². The smallest absolute Gasteiger partial charge is 0.337 e. The Kier molecular flexibility index (Phi) is 5.18. The van der Waals surface area contributed by atoms with E-state index in [0.717, 1.165) is 0 Å². The fourth-order valence-corrected chi connectivity index (χ4v) is 1.50. The molecular weight excluding hydrogens is 244 g/mol. The van der Waals surface area contributed by atoms with Crippen LogP contribution < -0.4 is 5.32 Å². The van der Waals surface area contributed by atoms with Crippen molar-refractivity contribution in [3.8, 4) is 0 Å². The lowest BCUT2D eigenvalue weighted by Crippen LogP contribution is -2.20. The molecule has 0 amide bonds. The minimum Gasteiger partial charge on any atom is -0.478 e. The normalized spacial score (nSPS) is 12.2. The highest BCUT2D eigenvalue weighted by Gasteiger charge is 2.09. The molecule has 1 heterocycles. The monoisotopic (exact) mass is 258 g/mol. The maximum Gasteiger partial charge on any atom is 0.337 e. The Morgan fingerprint density at radius 2 is 2.41 bits per heavy atom. The van der Waals surface area contributed by atoms with Gasteiger partial charge in [0.25, 0.3) is 0 Å². The Bertz CT molecular complexity index is 398. The van der Waals surface area contributed by atoms with Crippen molar-refractivity contribution in [3.63, 3.8) is 0 Å². The summed E-state index contributed by atoms with van der Waals surface area (Å²) >= 11 is 5.90. The number of pyridine rings is 1. The zero-order chi connectivity index (χ0) is 12.8. The molecule has 94 valence electrons. The van der Waals surface area contributed by atoms with Crippen molar-refractivity contribution in [2.45, 2.75) is 20.0 Å². The average Bonchev–Trinajstić information content (AvgIpc) is 2.27. The summed E-state index contributed by atoms with van der Waals surface area (Å²) in [5.74, 6) is -0.586. The molecule has 5 nitrogen and oxygen atoms in total. The number of carboxylic acid groups (broad SMARTS) is 1. The molecule has 0 radical (unpaired) electrons. The SMILES string of the molecule is CCOC(C)CNc1ncc(C(=O)O)cc1Cl. The molecule has 0 aliphatic heterocycles. The lowest BCUT2D eigenvalue weighted by Gasteiger charge is -2.13. The predicted octanol–water partition coefficient (Wildman–Crippen LogP) is 2.27. The second-order valence-electron chi connectivity index (χ2n) is 3.51. The van der Waals surface area contributed by atoms with Gasteiger partial charge in [0.15, 0.2) is 0 Å². The van der Waals surface area contributed by atoms with Crippen molar-refractivity contribution >= 4 is 23.4 Å². The summed E-state index contributed by atoms with van der Waals surface area (Å²) in [6.45, 7) is 5.05. The van der Waals surface area contributed by atoms with Gasteiger partial charge >= 0.3 is 5.97 Å². The van der Waals surface area contributed by atoms with Gasteiger partial charge in [0.1, 0.15) is 5.82 Å². The van der Waals surface area contributed by atoms with Gasteiger partial charge in [0.05, 0.1) is 16.7 Å². The molecule has 0 spiro atoms. The van der Waals surface area contributed by atoms with Crippen molar-refractivity contribution in [1.29, 1.82) is 0 Å². The highest BCUT2D eigenvalue weighted by molar-refractivity contribution is 6.33. The van der Waals surface area contributed by atoms with Crippen molar-refractivity contribution in [3.05, 3.63) is 22.8 Å². The largest absolute Gasteiger partial charge is 0.478 e. The molecular formula is C11H15ClN2O3. The molecule has 2 N–H and O–H groups in total. The number of hydrogen-bond donors (Lipinski definition) is 2. The number of carboxylic acids is 1. The van der Waals surface area contributed by atoms with Gasteiger partial charge in [-0.1, -0.05) is 11.6 Å². The summed E-state index contributed by atoms with van der Waals surface area (Å²) in [6.07, 6.45) is 1.30. The van der Waals surface area contributed by atoms with E-state index in [1.165, 1.54) is 12.3 Å². The van der Waals surface area contributed by atoms with Crippen LogP contribution in [0.5, 0.6) is 0 Å². The van der Waals surface area contributed by atoms with E-state index in [0.29, 0.717) is 19.0 Å². The summed E-state index contributed by atoms with van der Waals surface area (Å²) in [7, 11) is 0. The summed E-state index contributed by atoms with van der Waals surface area (Å²) in [5, 5.41) is 12.0. The third-order valence-electron chi connectivity index (χ3n) is 2.10. The number of hydrogen-bond acceptors (Lipinski definition) is 4. The first kappa shape index (κ1) is 13.7. The van der Waals surface area contributed by atoms with Crippen LogP contribution in [0.25, 0.3) is 0 Å². The van der Waals surface area contributed by atoms with Crippen LogP contribution in [-0.4, -0.2) is 35.3 Å². The maximum absolute atomic E-state index is 10.7. The van der Waals surface area contributed by atoms with Crippen LogP contribution in [-0.2, 0) is 4.74 Å². The summed E-state index contributed by atoms with van der Waals surface area (Å²) in [6, 6.07) is 1.37. The second-order valence-corrected chi connectivity index (χ2v) is 3.91. The molecule has 0 aliphatic carbocycles. The first-order valence-corrected chi connectivity index (χ1v) is 5.66. The molecule has 0 saturated carbocycles. The van der Waals surface area contributed by atoms with E-state index in [9.17, 15) is 4.79 Å². The number of carbonyl (C=O) groups is 1. The molecule has 1 aromatic heterocycles. The average molecular weight is 259 g/mol. The van der Waals surface area contributed by atoms with E-state index in [1.807, 2.05) is 13.8 Å². The molecule has 0 bridgehead atoms. The topological polar surface area (TPSA) is 71.5 Å². The first-order valence-electron chi connectivity index (χ1n) is 5.29. The Morgan fingerprint density at radius 3 is 2.94 bits per heavy atom. The molecule has 0 fully saturated rings. The number of ether oxygens (including phenoxy) is 1. The molecule has 1 atom stereocenters. The van der Waals surface area contributed by atoms with Crippen LogP contribution >= 0.6 is 11.6 Å². The van der Waals surface area contributed by atoms with Gasteiger partial charge in [-0.05, 0) is 19.9 Å². The van der Waals surface area contributed by atoms with Gasteiger partial charge in [-0.15, -0.1) is 0 Å². The molecule has 1 rings (SSSR count). The van der Waals surface area contributed by atoms with Gasteiger partial charge in [-0.25, -0.2) is 9.78 Å². The molecule has 0 saturated heterocycles. The van der Waals surface area contributed by atoms with Crippen LogP contribution in [0.1, 0.15) is 24.2 Å². The zero-order valence-electron chi connectivity index (χ0n) is 9.74. The van der Waals surface area contributed by atoms with Crippen LogP contribution in [0.15, 0.2) is 12.3 Å². The van der Waals surface area contributed by atoms with E-state index >= 15 is 0 Å². The second kappa shape index (κ2) is 6.42. The minimum atomic E-state index is -1.05.